The van der Waals surface area contributed by atoms with Crippen molar-refractivity contribution >= 4 is 23.3 Å². The summed E-state index contributed by atoms with van der Waals surface area (Å²) in [6.07, 6.45) is 3.52. The molecule has 0 spiro atoms. The average Bonchev–Trinajstić information content (AvgIpc) is 3.67. The van der Waals surface area contributed by atoms with Gasteiger partial charge in [-0.3, -0.25) is 24.2 Å². The zero-order valence-electron chi connectivity index (χ0n) is 22.5. The second kappa shape index (κ2) is 10.8. The molecule has 2 aromatic heterocycles. The van der Waals surface area contributed by atoms with Crippen LogP contribution in [0.5, 0.6) is 0 Å². The summed E-state index contributed by atoms with van der Waals surface area (Å²) >= 11 is 6.21. The number of nitriles is 1. The molecule has 3 atom stereocenters. The van der Waals surface area contributed by atoms with Gasteiger partial charge in [0.25, 0.3) is 5.91 Å². The number of hydrogen-bond donors (Lipinski definition) is 1. The van der Waals surface area contributed by atoms with Gasteiger partial charge in [0.05, 0.1) is 41.2 Å². The molecular weight excluding hydrogens is 561 g/mol. The molecule has 2 aromatic carbocycles. The van der Waals surface area contributed by atoms with Gasteiger partial charge in [0.1, 0.15) is 23.8 Å². The number of carbonyl (C=O) groups excluding carboxylic acids is 2. The van der Waals surface area contributed by atoms with Crippen molar-refractivity contribution in [2.75, 3.05) is 0 Å². The van der Waals surface area contributed by atoms with Crippen molar-refractivity contribution in [3.05, 3.63) is 117 Å². The number of ether oxygens (including phenoxy) is 1. The molecule has 1 amide bonds. The Morgan fingerprint density at radius 3 is 2.60 bits per heavy atom. The molecule has 0 radical (unpaired) electrons. The van der Waals surface area contributed by atoms with E-state index in [0.717, 1.165) is 0 Å². The minimum atomic E-state index is -1.77. The normalized spacial score (nSPS) is 20.5. The lowest BCUT2D eigenvalue weighted by atomic mass is 9.90. The number of aromatic nitrogens is 3. The van der Waals surface area contributed by atoms with Crippen LogP contribution in [0.1, 0.15) is 69.2 Å². The van der Waals surface area contributed by atoms with Crippen molar-refractivity contribution in [1.29, 1.82) is 5.26 Å². The quantitative estimate of drug-likeness (QED) is 0.337. The number of amides is 1. The Morgan fingerprint density at radius 2 is 1.98 bits per heavy atom. The van der Waals surface area contributed by atoms with Crippen LogP contribution in [0.3, 0.4) is 0 Å². The Morgan fingerprint density at radius 1 is 1.19 bits per heavy atom. The Bertz CT molecular complexity index is 1730. The molecule has 4 aromatic rings. The Hall–Kier alpha value is -4.43. The highest BCUT2D eigenvalue weighted by Crippen LogP contribution is 2.50. The summed E-state index contributed by atoms with van der Waals surface area (Å²) in [5, 5.41) is 24.8. The molecular formula is C31H25ClFN5O4. The number of ketones is 1. The van der Waals surface area contributed by atoms with Gasteiger partial charge in [-0.05, 0) is 48.4 Å². The van der Waals surface area contributed by atoms with Gasteiger partial charge < -0.3 is 9.84 Å². The number of carbonyl (C=O) groups is 2. The SMILES string of the molecule is Cn1cc(C(O)c2cc(F)c3c(c2)C(=O)N(Cc2ccc(C#N)cn2)[C@@]3(O[C@H]2CCC(=O)C2)c2ccc(Cl)cc2)cn1. The lowest BCUT2D eigenvalue weighted by Gasteiger charge is -2.41. The monoisotopic (exact) mass is 585 g/mol. The highest BCUT2D eigenvalue weighted by molar-refractivity contribution is 6.30. The molecule has 6 rings (SSSR count). The fourth-order valence-electron chi connectivity index (χ4n) is 5.71. The molecule has 2 aliphatic rings. The summed E-state index contributed by atoms with van der Waals surface area (Å²) in [6, 6.07) is 14.5. The van der Waals surface area contributed by atoms with Crippen LogP contribution in [0, 0.1) is 17.1 Å². The van der Waals surface area contributed by atoms with Gasteiger partial charge in [-0.1, -0.05) is 23.7 Å². The minimum Gasteiger partial charge on any atom is -0.384 e. The van der Waals surface area contributed by atoms with Gasteiger partial charge in [-0.15, -0.1) is 0 Å². The lowest BCUT2D eigenvalue weighted by Crippen LogP contribution is -2.48. The topological polar surface area (TPSA) is 121 Å². The maximum Gasteiger partial charge on any atom is 0.257 e. The van der Waals surface area contributed by atoms with Crippen LogP contribution in [0.2, 0.25) is 5.02 Å². The predicted octanol–water partition coefficient (Wildman–Crippen LogP) is 4.56. The summed E-state index contributed by atoms with van der Waals surface area (Å²) in [4.78, 5) is 32.3. The molecule has 1 unspecified atom stereocenters. The van der Waals surface area contributed by atoms with Crippen molar-refractivity contribution in [2.24, 2.45) is 7.05 Å². The third kappa shape index (κ3) is 4.75. The number of aliphatic hydroxyl groups is 1. The molecule has 11 heteroatoms. The van der Waals surface area contributed by atoms with E-state index >= 15 is 4.39 Å². The highest BCUT2D eigenvalue weighted by atomic mass is 35.5. The van der Waals surface area contributed by atoms with E-state index in [2.05, 4.69) is 10.1 Å². The first kappa shape index (κ1) is 27.7. The first-order valence-electron chi connectivity index (χ1n) is 13.3. The zero-order chi connectivity index (χ0) is 29.6. The average molecular weight is 586 g/mol. The van der Waals surface area contributed by atoms with E-state index in [9.17, 15) is 20.0 Å². The number of pyridine rings is 1. The van der Waals surface area contributed by atoms with Gasteiger partial charge >= 0.3 is 0 Å². The molecule has 1 saturated carbocycles. The molecule has 1 aliphatic carbocycles. The van der Waals surface area contributed by atoms with E-state index in [1.54, 1.807) is 49.6 Å². The van der Waals surface area contributed by atoms with Crippen LogP contribution in [0.4, 0.5) is 4.39 Å². The largest absolute Gasteiger partial charge is 0.384 e. The summed E-state index contributed by atoms with van der Waals surface area (Å²) in [6.45, 7) is -0.0948. The fourth-order valence-corrected chi connectivity index (χ4v) is 5.84. The van der Waals surface area contributed by atoms with Gasteiger partial charge in [0, 0.05) is 48.4 Å². The standard InChI is InChI=1S/C31H25ClFN5O4/c1-37-16-20(15-36-37)29(40)19-10-26-28(27(33)11-19)31(21-3-5-22(32)6-4-21,42-25-9-8-24(39)12-25)38(30(26)41)17-23-7-2-18(13-34)14-35-23/h2-7,10-11,14-16,25,29,40H,8-9,12,17H2,1H3/t25-,29?,31+/m0/s1. The number of fused-ring (bicyclic) bond motifs is 1. The van der Waals surface area contributed by atoms with E-state index in [4.69, 9.17) is 16.3 Å². The van der Waals surface area contributed by atoms with Gasteiger partial charge in [-0.25, -0.2) is 4.39 Å². The minimum absolute atomic E-state index is 0.0147. The second-order valence-electron chi connectivity index (χ2n) is 10.5. The molecule has 1 fully saturated rings. The molecule has 42 heavy (non-hydrogen) atoms. The van der Waals surface area contributed by atoms with Crippen LogP contribution in [0.25, 0.3) is 0 Å². The van der Waals surface area contributed by atoms with E-state index in [1.807, 2.05) is 6.07 Å². The zero-order valence-corrected chi connectivity index (χ0v) is 23.3. The van der Waals surface area contributed by atoms with Gasteiger partial charge in [0.2, 0.25) is 5.72 Å². The van der Waals surface area contributed by atoms with Gasteiger partial charge in [-0.2, -0.15) is 10.4 Å². The van der Waals surface area contributed by atoms with Crippen molar-refractivity contribution in [1.82, 2.24) is 19.7 Å². The number of halogens is 2. The van der Waals surface area contributed by atoms with Crippen LogP contribution in [0.15, 0.2) is 67.1 Å². The van der Waals surface area contributed by atoms with Crippen LogP contribution < -0.4 is 0 Å². The Balaban J connectivity index is 1.55. The van der Waals surface area contributed by atoms with E-state index < -0.39 is 29.7 Å². The van der Waals surface area contributed by atoms with Crippen molar-refractivity contribution in [2.45, 2.75) is 43.7 Å². The van der Waals surface area contributed by atoms with Gasteiger partial charge in [0.15, 0.2) is 0 Å². The Labute approximate surface area is 245 Å². The molecule has 1 aliphatic heterocycles. The molecule has 9 nitrogen and oxygen atoms in total. The first-order valence-corrected chi connectivity index (χ1v) is 13.7. The van der Waals surface area contributed by atoms with Crippen molar-refractivity contribution in [3.8, 4) is 6.07 Å². The number of aliphatic hydroxyl groups excluding tert-OH is 1. The molecule has 1 N–H and O–H groups in total. The maximum atomic E-state index is 16.5. The molecule has 3 heterocycles. The molecule has 0 saturated heterocycles. The number of Topliss-reactive ketones (excluding diaryl/α,β-unsaturated/α-hetero) is 1. The second-order valence-corrected chi connectivity index (χ2v) is 10.9. The number of benzene rings is 2. The summed E-state index contributed by atoms with van der Waals surface area (Å²) < 4.78 is 24.7. The molecule has 0 bridgehead atoms. The summed E-state index contributed by atoms with van der Waals surface area (Å²) in [5.74, 6) is -1.28. The van der Waals surface area contributed by atoms with Crippen molar-refractivity contribution < 1.29 is 23.8 Å². The molecule has 212 valence electrons. The number of nitrogens with zero attached hydrogens (tertiary/aromatic N) is 5. The number of hydrogen-bond acceptors (Lipinski definition) is 7. The highest BCUT2D eigenvalue weighted by Gasteiger charge is 2.56. The third-order valence-electron chi connectivity index (χ3n) is 7.71. The third-order valence-corrected chi connectivity index (χ3v) is 7.96. The summed E-state index contributed by atoms with van der Waals surface area (Å²) in [7, 11) is 1.70. The van der Waals surface area contributed by atoms with Crippen LogP contribution in [-0.2, 0) is 28.8 Å². The smallest absolute Gasteiger partial charge is 0.257 e. The number of aryl methyl sites for hydroxylation is 1. The number of rotatable bonds is 7. The lowest BCUT2D eigenvalue weighted by molar-refractivity contribution is -0.149. The fraction of sp³-hybridized carbons (Fsp3) is 0.258. The van der Waals surface area contributed by atoms with Crippen LogP contribution in [-0.4, -0.2) is 42.6 Å². The first-order chi connectivity index (χ1) is 20.2. The van der Waals surface area contributed by atoms with E-state index in [0.29, 0.717) is 40.2 Å². The van der Waals surface area contributed by atoms with E-state index in [1.165, 1.54) is 34.1 Å². The predicted molar refractivity (Wildman–Crippen MR) is 148 cm³/mol. The summed E-state index contributed by atoms with van der Waals surface area (Å²) in [5.41, 5.74) is 0.0500. The van der Waals surface area contributed by atoms with E-state index in [-0.39, 0.29) is 35.4 Å². The maximum absolute atomic E-state index is 16.5. The Kier molecular flexibility index (Phi) is 7.10. The van der Waals surface area contributed by atoms with Crippen molar-refractivity contribution in [3.63, 3.8) is 0 Å². The van der Waals surface area contributed by atoms with Crippen LogP contribution >= 0.6 is 11.6 Å².